The van der Waals surface area contributed by atoms with Crippen molar-refractivity contribution in [3.8, 4) is 0 Å². The summed E-state index contributed by atoms with van der Waals surface area (Å²) in [5.74, 6) is -0.473. The lowest BCUT2D eigenvalue weighted by atomic mass is 10.0. The number of hydrogen-bond acceptors (Lipinski definition) is 4. The molecule has 2 amide bonds. The first-order valence-corrected chi connectivity index (χ1v) is 8.45. The molecule has 2 aromatic rings. The van der Waals surface area contributed by atoms with Gasteiger partial charge >= 0.3 is 0 Å². The van der Waals surface area contributed by atoms with E-state index in [2.05, 4.69) is 5.32 Å². The predicted molar refractivity (Wildman–Crippen MR) is 95.9 cm³/mol. The van der Waals surface area contributed by atoms with Crippen molar-refractivity contribution in [2.45, 2.75) is 18.9 Å². The molecule has 7 heteroatoms. The molecule has 0 unspecified atom stereocenters. The lowest BCUT2D eigenvalue weighted by Gasteiger charge is -2.32. The molecule has 134 valence electrons. The van der Waals surface area contributed by atoms with Crippen LogP contribution in [0.2, 0.25) is 0 Å². The first-order valence-electron chi connectivity index (χ1n) is 8.45. The standard InChI is InChI=1S/C19H19N3O4/c23-18(14-6-2-1-3-7-14)20-15-10-12-21(13-11-15)19(24)16-8-4-5-9-17(16)22(25)26/h1-9,15H,10-13H2,(H,20,23). The lowest BCUT2D eigenvalue weighted by Crippen LogP contribution is -2.46. The minimum Gasteiger partial charge on any atom is -0.349 e. The Bertz CT molecular complexity index is 815. The molecule has 2 aromatic carbocycles. The Morgan fingerprint density at radius 2 is 1.62 bits per heavy atom. The lowest BCUT2D eigenvalue weighted by molar-refractivity contribution is -0.385. The third-order valence-electron chi connectivity index (χ3n) is 4.48. The van der Waals surface area contributed by atoms with Gasteiger partial charge in [0.05, 0.1) is 4.92 Å². The van der Waals surface area contributed by atoms with E-state index in [4.69, 9.17) is 0 Å². The summed E-state index contributed by atoms with van der Waals surface area (Å²) in [6.45, 7) is 0.898. The Morgan fingerprint density at radius 3 is 2.27 bits per heavy atom. The summed E-state index contributed by atoms with van der Waals surface area (Å²) in [4.78, 5) is 37.0. The van der Waals surface area contributed by atoms with Crippen LogP contribution in [0.25, 0.3) is 0 Å². The molecule has 1 saturated heterocycles. The Morgan fingerprint density at radius 1 is 1.00 bits per heavy atom. The van der Waals surface area contributed by atoms with E-state index in [9.17, 15) is 19.7 Å². The zero-order valence-corrected chi connectivity index (χ0v) is 14.1. The number of nitro benzene ring substituents is 1. The van der Waals surface area contributed by atoms with E-state index in [-0.39, 0.29) is 29.1 Å². The molecule has 1 heterocycles. The van der Waals surface area contributed by atoms with Crippen LogP contribution in [0.4, 0.5) is 5.69 Å². The number of nitrogens with zero attached hydrogens (tertiary/aromatic N) is 2. The summed E-state index contributed by atoms with van der Waals surface area (Å²) in [5.41, 5.74) is 0.521. The Hall–Kier alpha value is -3.22. The molecule has 0 atom stereocenters. The third kappa shape index (κ3) is 3.88. The zero-order chi connectivity index (χ0) is 18.5. The van der Waals surface area contributed by atoms with Crippen LogP contribution < -0.4 is 5.32 Å². The molecule has 0 spiro atoms. The van der Waals surface area contributed by atoms with Crippen LogP contribution in [0.3, 0.4) is 0 Å². The fourth-order valence-electron chi connectivity index (χ4n) is 3.07. The van der Waals surface area contributed by atoms with Crippen LogP contribution in [0.1, 0.15) is 33.6 Å². The maximum absolute atomic E-state index is 12.6. The van der Waals surface area contributed by atoms with E-state index < -0.39 is 4.92 Å². The van der Waals surface area contributed by atoms with Crippen molar-refractivity contribution in [1.82, 2.24) is 10.2 Å². The molecule has 7 nitrogen and oxygen atoms in total. The molecule has 1 fully saturated rings. The van der Waals surface area contributed by atoms with Gasteiger partial charge in [-0.2, -0.15) is 0 Å². The number of likely N-dealkylation sites (tertiary alicyclic amines) is 1. The van der Waals surface area contributed by atoms with Crippen LogP contribution in [-0.2, 0) is 0 Å². The quantitative estimate of drug-likeness (QED) is 0.675. The van der Waals surface area contributed by atoms with E-state index >= 15 is 0 Å². The van der Waals surface area contributed by atoms with Crippen molar-refractivity contribution < 1.29 is 14.5 Å². The molecule has 0 aromatic heterocycles. The molecule has 0 radical (unpaired) electrons. The molecule has 1 aliphatic heterocycles. The topological polar surface area (TPSA) is 92.6 Å². The maximum Gasteiger partial charge on any atom is 0.282 e. The van der Waals surface area contributed by atoms with Crippen LogP contribution in [0.5, 0.6) is 0 Å². The normalized spacial score (nSPS) is 14.7. The van der Waals surface area contributed by atoms with Crippen molar-refractivity contribution in [1.29, 1.82) is 0 Å². The van der Waals surface area contributed by atoms with E-state index in [0.717, 1.165) is 0 Å². The number of nitro groups is 1. The van der Waals surface area contributed by atoms with Crippen molar-refractivity contribution >= 4 is 17.5 Å². The van der Waals surface area contributed by atoms with Gasteiger partial charge in [0.15, 0.2) is 0 Å². The second-order valence-electron chi connectivity index (χ2n) is 6.18. The smallest absolute Gasteiger partial charge is 0.282 e. The largest absolute Gasteiger partial charge is 0.349 e. The number of piperidine rings is 1. The summed E-state index contributed by atoms with van der Waals surface area (Å²) in [6.07, 6.45) is 1.23. The number of nitrogens with one attached hydrogen (secondary N) is 1. The number of carbonyl (C=O) groups is 2. The number of carbonyl (C=O) groups excluding carboxylic acids is 2. The number of rotatable bonds is 4. The van der Waals surface area contributed by atoms with E-state index in [1.54, 1.807) is 29.2 Å². The van der Waals surface area contributed by atoms with Crippen molar-refractivity contribution in [2.75, 3.05) is 13.1 Å². The van der Waals surface area contributed by atoms with Gasteiger partial charge in [-0.3, -0.25) is 19.7 Å². The SMILES string of the molecule is O=C(NC1CCN(C(=O)c2ccccc2[N+](=O)[O-])CC1)c1ccccc1. The minimum atomic E-state index is -0.542. The summed E-state index contributed by atoms with van der Waals surface area (Å²) >= 11 is 0. The van der Waals surface area contributed by atoms with E-state index in [1.165, 1.54) is 12.1 Å². The zero-order valence-electron chi connectivity index (χ0n) is 14.1. The van der Waals surface area contributed by atoms with Gasteiger partial charge in [-0.05, 0) is 31.0 Å². The number of amides is 2. The fraction of sp³-hybridized carbons (Fsp3) is 0.263. The molecular weight excluding hydrogens is 334 g/mol. The minimum absolute atomic E-state index is 0.0162. The van der Waals surface area contributed by atoms with Gasteiger partial charge in [0.25, 0.3) is 17.5 Å². The van der Waals surface area contributed by atoms with Gasteiger partial charge in [-0.1, -0.05) is 30.3 Å². The van der Waals surface area contributed by atoms with Crippen molar-refractivity contribution in [3.05, 3.63) is 75.8 Å². The van der Waals surface area contributed by atoms with Crippen LogP contribution >= 0.6 is 0 Å². The number of hydrogen-bond donors (Lipinski definition) is 1. The second-order valence-corrected chi connectivity index (χ2v) is 6.18. The van der Waals surface area contributed by atoms with Gasteiger partial charge < -0.3 is 10.2 Å². The summed E-state index contributed by atoms with van der Waals surface area (Å²) < 4.78 is 0. The molecule has 0 bridgehead atoms. The van der Waals surface area contributed by atoms with Gasteiger partial charge in [-0.25, -0.2) is 0 Å². The van der Waals surface area contributed by atoms with Crippen LogP contribution in [-0.4, -0.2) is 40.8 Å². The molecule has 0 saturated carbocycles. The highest BCUT2D eigenvalue weighted by molar-refractivity contribution is 5.98. The first-order chi connectivity index (χ1) is 12.6. The Balaban J connectivity index is 1.59. The predicted octanol–water partition coefficient (Wildman–Crippen LogP) is 2.63. The van der Waals surface area contributed by atoms with Gasteiger partial charge in [-0.15, -0.1) is 0 Å². The van der Waals surface area contributed by atoms with Crippen LogP contribution in [0.15, 0.2) is 54.6 Å². The first kappa shape index (κ1) is 17.6. The summed E-state index contributed by atoms with van der Waals surface area (Å²) in [5, 5.41) is 14.1. The second kappa shape index (κ2) is 7.77. The van der Waals surface area contributed by atoms with E-state index in [0.29, 0.717) is 31.5 Å². The molecular formula is C19H19N3O4. The third-order valence-corrected chi connectivity index (χ3v) is 4.48. The van der Waals surface area contributed by atoms with Crippen molar-refractivity contribution in [2.24, 2.45) is 0 Å². The van der Waals surface area contributed by atoms with E-state index in [1.807, 2.05) is 18.2 Å². The molecule has 3 rings (SSSR count). The average Bonchev–Trinajstić information content (AvgIpc) is 2.68. The Labute approximate surface area is 150 Å². The van der Waals surface area contributed by atoms with Gasteiger partial charge in [0.1, 0.15) is 5.56 Å². The molecule has 1 N–H and O–H groups in total. The van der Waals surface area contributed by atoms with Gasteiger partial charge in [0.2, 0.25) is 0 Å². The molecule has 1 aliphatic rings. The van der Waals surface area contributed by atoms with Crippen LogP contribution in [0, 0.1) is 10.1 Å². The molecule has 26 heavy (non-hydrogen) atoms. The maximum atomic E-state index is 12.6. The molecule has 0 aliphatic carbocycles. The van der Waals surface area contributed by atoms with Crippen molar-refractivity contribution in [3.63, 3.8) is 0 Å². The summed E-state index contributed by atoms with van der Waals surface area (Å²) in [7, 11) is 0. The van der Waals surface area contributed by atoms with Gasteiger partial charge in [0, 0.05) is 30.8 Å². The fourth-order valence-corrected chi connectivity index (χ4v) is 3.07. The highest BCUT2D eigenvalue weighted by Gasteiger charge is 2.28. The average molecular weight is 353 g/mol. The highest BCUT2D eigenvalue weighted by Crippen LogP contribution is 2.22. The monoisotopic (exact) mass is 353 g/mol. The number of benzene rings is 2. The Kier molecular flexibility index (Phi) is 5.26. The summed E-state index contributed by atoms with van der Waals surface area (Å²) in [6, 6.07) is 14.9. The number of para-hydroxylation sites is 1. The highest BCUT2D eigenvalue weighted by atomic mass is 16.6.